The van der Waals surface area contributed by atoms with Gasteiger partial charge in [0.2, 0.25) is 5.89 Å². The van der Waals surface area contributed by atoms with E-state index in [0.29, 0.717) is 11.8 Å². The lowest BCUT2D eigenvalue weighted by atomic mass is 9.95. The van der Waals surface area contributed by atoms with Gasteiger partial charge in [-0.2, -0.15) is 4.98 Å². The molecule has 0 N–H and O–H groups in total. The summed E-state index contributed by atoms with van der Waals surface area (Å²) in [6, 6.07) is 15.2. The lowest BCUT2D eigenvalue weighted by Crippen LogP contribution is -2.32. The number of benzene rings is 2. The number of fused-ring (bicyclic) bond motifs is 1. The Hall–Kier alpha value is -2.20. The summed E-state index contributed by atoms with van der Waals surface area (Å²) >= 11 is 0. The van der Waals surface area contributed by atoms with Gasteiger partial charge in [-0.05, 0) is 42.3 Å². The highest BCUT2D eigenvalue weighted by Gasteiger charge is 2.24. The third-order valence-electron chi connectivity index (χ3n) is 4.77. The van der Waals surface area contributed by atoms with E-state index >= 15 is 0 Å². The van der Waals surface area contributed by atoms with Crippen molar-refractivity contribution in [2.24, 2.45) is 0 Å². The molecular formula is C19H21N3O. The Labute approximate surface area is 136 Å². The van der Waals surface area contributed by atoms with Crippen LogP contribution in [0.2, 0.25) is 0 Å². The van der Waals surface area contributed by atoms with Crippen LogP contribution in [0.1, 0.15) is 36.0 Å². The number of hydrogen-bond acceptors (Lipinski definition) is 4. The average Bonchev–Trinajstić information content (AvgIpc) is 3.02. The van der Waals surface area contributed by atoms with E-state index in [9.17, 15) is 0 Å². The van der Waals surface area contributed by atoms with Gasteiger partial charge in [-0.3, -0.25) is 4.90 Å². The summed E-state index contributed by atoms with van der Waals surface area (Å²) in [5.41, 5.74) is 1.41. The Morgan fingerprint density at radius 2 is 1.87 bits per heavy atom. The van der Waals surface area contributed by atoms with Crippen LogP contribution in [-0.2, 0) is 6.54 Å². The Kier molecular flexibility index (Phi) is 3.83. The first-order chi connectivity index (χ1) is 11.3. The molecule has 1 aromatic heterocycles. The largest absolute Gasteiger partial charge is 0.340 e. The van der Waals surface area contributed by atoms with E-state index in [0.717, 1.165) is 38.3 Å². The molecule has 0 unspecified atom stereocenters. The van der Waals surface area contributed by atoms with Crippen LogP contribution < -0.4 is 0 Å². The normalized spacial score (nSPS) is 16.9. The van der Waals surface area contributed by atoms with Crippen molar-refractivity contribution in [3.05, 3.63) is 59.7 Å². The minimum Gasteiger partial charge on any atom is -0.340 e. The van der Waals surface area contributed by atoms with E-state index in [-0.39, 0.29) is 0 Å². The first-order valence-electron chi connectivity index (χ1n) is 8.29. The summed E-state index contributed by atoms with van der Waals surface area (Å²) in [7, 11) is 0. The molecule has 0 bridgehead atoms. The maximum Gasteiger partial charge on any atom is 0.223 e. The van der Waals surface area contributed by atoms with Gasteiger partial charge in [-0.15, -0.1) is 0 Å². The van der Waals surface area contributed by atoms with Gasteiger partial charge in [-0.25, -0.2) is 0 Å². The van der Waals surface area contributed by atoms with Crippen LogP contribution in [-0.4, -0.2) is 28.1 Å². The molecule has 1 aliphatic rings. The molecule has 4 nitrogen and oxygen atoms in total. The molecule has 118 valence electrons. The Morgan fingerprint density at radius 3 is 2.65 bits per heavy atom. The minimum absolute atomic E-state index is 0.441. The second kappa shape index (κ2) is 6.13. The van der Waals surface area contributed by atoms with Crippen molar-refractivity contribution < 1.29 is 4.52 Å². The Bertz CT molecular complexity index is 798. The molecule has 0 amide bonds. The van der Waals surface area contributed by atoms with Crippen LogP contribution in [0.4, 0.5) is 0 Å². The highest BCUT2D eigenvalue weighted by molar-refractivity contribution is 5.85. The summed E-state index contributed by atoms with van der Waals surface area (Å²) in [6.07, 6.45) is 2.20. The fraction of sp³-hybridized carbons (Fsp3) is 0.368. The maximum atomic E-state index is 5.11. The van der Waals surface area contributed by atoms with Crippen LogP contribution in [0.5, 0.6) is 0 Å². The minimum atomic E-state index is 0.441. The van der Waals surface area contributed by atoms with Gasteiger partial charge >= 0.3 is 0 Å². The molecule has 3 aromatic rings. The number of aryl methyl sites for hydroxylation is 1. The third-order valence-corrected chi connectivity index (χ3v) is 4.77. The van der Waals surface area contributed by atoms with Gasteiger partial charge in [0.1, 0.15) is 0 Å². The second-order valence-electron chi connectivity index (χ2n) is 6.36. The number of piperidine rings is 1. The second-order valence-corrected chi connectivity index (χ2v) is 6.36. The summed E-state index contributed by atoms with van der Waals surface area (Å²) in [6.45, 7) is 5.04. The molecule has 1 saturated heterocycles. The summed E-state index contributed by atoms with van der Waals surface area (Å²) in [4.78, 5) is 6.92. The average molecular weight is 307 g/mol. The van der Waals surface area contributed by atoms with Crippen molar-refractivity contribution in [3.8, 4) is 0 Å². The lowest BCUT2D eigenvalue weighted by molar-refractivity contribution is 0.200. The molecule has 0 aliphatic carbocycles. The standard InChI is InChI=1S/C19H21N3O/c1-14-20-19(21-23-14)16-9-11-22(12-10-16)13-17-7-4-6-15-5-2-3-8-18(15)17/h2-8,16H,9-13H2,1H3. The van der Waals surface area contributed by atoms with Crippen molar-refractivity contribution in [2.45, 2.75) is 32.2 Å². The van der Waals surface area contributed by atoms with Gasteiger partial charge in [0.25, 0.3) is 0 Å². The molecule has 0 atom stereocenters. The first kappa shape index (κ1) is 14.4. The SMILES string of the molecule is Cc1nc(C2CCN(Cc3cccc4ccccc34)CC2)no1. The van der Waals surface area contributed by atoms with Crippen molar-refractivity contribution in [1.29, 1.82) is 0 Å². The number of nitrogens with zero attached hydrogens (tertiary/aromatic N) is 3. The van der Waals surface area contributed by atoms with E-state index < -0.39 is 0 Å². The Balaban J connectivity index is 1.44. The lowest BCUT2D eigenvalue weighted by Gasteiger charge is -2.30. The number of likely N-dealkylation sites (tertiary alicyclic amines) is 1. The monoisotopic (exact) mass is 307 g/mol. The molecule has 0 spiro atoms. The van der Waals surface area contributed by atoms with Crippen molar-refractivity contribution in [3.63, 3.8) is 0 Å². The summed E-state index contributed by atoms with van der Waals surface area (Å²) in [5.74, 6) is 1.99. The van der Waals surface area contributed by atoms with E-state index in [2.05, 4.69) is 57.5 Å². The van der Waals surface area contributed by atoms with Gasteiger partial charge < -0.3 is 4.52 Å². The number of hydrogen-bond donors (Lipinski definition) is 0. The number of aromatic nitrogens is 2. The van der Waals surface area contributed by atoms with Crippen molar-refractivity contribution in [1.82, 2.24) is 15.0 Å². The molecular weight excluding hydrogens is 286 g/mol. The molecule has 23 heavy (non-hydrogen) atoms. The molecule has 2 heterocycles. The van der Waals surface area contributed by atoms with Crippen LogP contribution in [0.3, 0.4) is 0 Å². The molecule has 4 heteroatoms. The zero-order chi connectivity index (χ0) is 15.6. The molecule has 0 radical (unpaired) electrons. The Morgan fingerprint density at radius 1 is 1.09 bits per heavy atom. The van der Waals surface area contributed by atoms with Gasteiger partial charge in [0, 0.05) is 19.4 Å². The van der Waals surface area contributed by atoms with Gasteiger partial charge in [0.15, 0.2) is 5.82 Å². The number of rotatable bonds is 3. The van der Waals surface area contributed by atoms with E-state index in [1.165, 1.54) is 16.3 Å². The predicted molar refractivity (Wildman–Crippen MR) is 90.2 cm³/mol. The highest BCUT2D eigenvalue weighted by Crippen LogP contribution is 2.28. The summed E-state index contributed by atoms with van der Waals surface area (Å²) in [5, 5.41) is 6.77. The zero-order valence-electron chi connectivity index (χ0n) is 13.4. The van der Waals surface area contributed by atoms with E-state index in [1.807, 2.05) is 6.92 Å². The van der Waals surface area contributed by atoms with E-state index in [4.69, 9.17) is 4.52 Å². The zero-order valence-corrected chi connectivity index (χ0v) is 13.4. The maximum absolute atomic E-state index is 5.11. The van der Waals surface area contributed by atoms with Crippen LogP contribution in [0, 0.1) is 6.92 Å². The fourth-order valence-electron chi connectivity index (χ4n) is 3.50. The van der Waals surface area contributed by atoms with Crippen LogP contribution >= 0.6 is 0 Å². The van der Waals surface area contributed by atoms with Gasteiger partial charge in [0.05, 0.1) is 0 Å². The fourth-order valence-corrected chi connectivity index (χ4v) is 3.50. The van der Waals surface area contributed by atoms with Crippen molar-refractivity contribution >= 4 is 10.8 Å². The smallest absolute Gasteiger partial charge is 0.223 e. The molecule has 0 saturated carbocycles. The summed E-state index contributed by atoms with van der Waals surface area (Å²) < 4.78 is 5.11. The first-order valence-corrected chi connectivity index (χ1v) is 8.29. The highest BCUT2D eigenvalue weighted by atomic mass is 16.5. The van der Waals surface area contributed by atoms with Gasteiger partial charge in [-0.1, -0.05) is 47.6 Å². The van der Waals surface area contributed by atoms with Crippen LogP contribution in [0.25, 0.3) is 10.8 Å². The quantitative estimate of drug-likeness (QED) is 0.735. The van der Waals surface area contributed by atoms with E-state index in [1.54, 1.807) is 0 Å². The molecule has 2 aromatic carbocycles. The van der Waals surface area contributed by atoms with Crippen molar-refractivity contribution in [2.75, 3.05) is 13.1 Å². The molecule has 1 fully saturated rings. The predicted octanol–water partition coefficient (Wildman–Crippen LogP) is 3.91. The third kappa shape index (κ3) is 2.99. The topological polar surface area (TPSA) is 42.2 Å². The molecule has 4 rings (SSSR count). The molecule has 1 aliphatic heterocycles. The van der Waals surface area contributed by atoms with Crippen LogP contribution in [0.15, 0.2) is 47.0 Å².